The Balaban J connectivity index is 2.94. The summed E-state index contributed by atoms with van der Waals surface area (Å²) in [6.45, 7) is 3.75. The molecule has 6 nitrogen and oxygen atoms in total. The normalized spacial score (nSPS) is 13.2. The van der Waals surface area contributed by atoms with Gasteiger partial charge in [0, 0.05) is 19.0 Å². The van der Waals surface area contributed by atoms with Crippen molar-refractivity contribution in [1.29, 1.82) is 0 Å². The average Bonchev–Trinajstić information content (AvgIpc) is 2.26. The van der Waals surface area contributed by atoms with Crippen LogP contribution < -0.4 is 16.2 Å². The number of primary amides is 1. The quantitative estimate of drug-likeness (QED) is 0.682. The lowest BCUT2D eigenvalue weighted by Gasteiger charge is -2.13. The van der Waals surface area contributed by atoms with Gasteiger partial charge in [-0.15, -0.1) is 0 Å². The fourth-order valence-electron chi connectivity index (χ4n) is 1.74. The van der Waals surface area contributed by atoms with Crippen molar-refractivity contribution >= 4 is 15.9 Å². The molecule has 106 valence electrons. The minimum Gasteiger partial charge on any atom is -0.370 e. The minimum absolute atomic E-state index is 0.0426. The van der Waals surface area contributed by atoms with Gasteiger partial charge in [-0.3, -0.25) is 4.79 Å². The topological polar surface area (TPSA) is 115 Å². The van der Waals surface area contributed by atoms with Gasteiger partial charge >= 0.3 is 0 Å². The molecule has 1 aromatic carbocycles. The zero-order chi connectivity index (χ0) is 14.6. The molecule has 0 aliphatic carbocycles. The Morgan fingerprint density at radius 3 is 2.53 bits per heavy atom. The van der Waals surface area contributed by atoms with Crippen LogP contribution in [-0.4, -0.2) is 20.4 Å². The highest BCUT2D eigenvalue weighted by Gasteiger charge is 2.19. The second-order valence-electron chi connectivity index (χ2n) is 4.49. The highest BCUT2D eigenvalue weighted by molar-refractivity contribution is 7.89. The molecule has 1 rings (SSSR count). The third-order valence-electron chi connectivity index (χ3n) is 2.71. The van der Waals surface area contributed by atoms with Crippen molar-refractivity contribution in [2.24, 2.45) is 11.5 Å². The van der Waals surface area contributed by atoms with Gasteiger partial charge in [-0.25, -0.2) is 13.1 Å². The number of amides is 1. The van der Waals surface area contributed by atoms with Gasteiger partial charge in [0.25, 0.3) is 0 Å². The summed E-state index contributed by atoms with van der Waals surface area (Å²) >= 11 is 0. The van der Waals surface area contributed by atoms with Gasteiger partial charge in [0.2, 0.25) is 15.9 Å². The summed E-state index contributed by atoms with van der Waals surface area (Å²) < 4.78 is 26.6. The molecule has 0 saturated heterocycles. The molecule has 0 fully saturated rings. The molecule has 0 heterocycles. The number of rotatable bonds is 6. The van der Waals surface area contributed by atoms with Gasteiger partial charge in [0.15, 0.2) is 0 Å². The van der Waals surface area contributed by atoms with E-state index in [2.05, 4.69) is 4.72 Å². The van der Waals surface area contributed by atoms with E-state index in [9.17, 15) is 13.2 Å². The first kappa shape index (κ1) is 15.6. The van der Waals surface area contributed by atoms with Crippen LogP contribution in [0.25, 0.3) is 0 Å². The second-order valence-corrected chi connectivity index (χ2v) is 6.20. The van der Waals surface area contributed by atoms with Crippen LogP contribution in [0.4, 0.5) is 0 Å². The van der Waals surface area contributed by atoms with Crippen molar-refractivity contribution in [3.05, 3.63) is 29.3 Å². The molecule has 0 saturated carbocycles. The Hall–Kier alpha value is -1.44. The van der Waals surface area contributed by atoms with E-state index in [1.807, 2.05) is 0 Å². The molecule has 0 radical (unpaired) electrons. The molecule has 1 unspecified atom stereocenters. The highest BCUT2D eigenvalue weighted by Crippen LogP contribution is 2.15. The molecule has 1 amide bonds. The number of carbonyl (C=O) groups is 1. The van der Waals surface area contributed by atoms with Crippen LogP contribution in [0.3, 0.4) is 0 Å². The number of aryl methyl sites for hydroxylation is 1. The second kappa shape index (κ2) is 6.14. The predicted molar refractivity (Wildman–Crippen MR) is 72.7 cm³/mol. The van der Waals surface area contributed by atoms with Crippen LogP contribution >= 0.6 is 0 Å². The zero-order valence-electron chi connectivity index (χ0n) is 11.0. The molecular formula is C12H19N3O3S. The van der Waals surface area contributed by atoms with Crippen LogP contribution in [-0.2, 0) is 21.4 Å². The molecule has 0 aromatic heterocycles. The van der Waals surface area contributed by atoms with E-state index in [0.717, 1.165) is 11.1 Å². The van der Waals surface area contributed by atoms with E-state index in [-0.39, 0.29) is 11.3 Å². The molecule has 0 aliphatic rings. The summed E-state index contributed by atoms with van der Waals surface area (Å²) in [5.74, 6) is -0.551. The molecule has 1 aromatic rings. The van der Waals surface area contributed by atoms with Crippen LogP contribution in [0.15, 0.2) is 23.1 Å². The molecule has 0 aliphatic heterocycles. The highest BCUT2D eigenvalue weighted by atomic mass is 32.2. The van der Waals surface area contributed by atoms with Crippen molar-refractivity contribution in [3.8, 4) is 0 Å². The molecule has 7 heteroatoms. The lowest BCUT2D eigenvalue weighted by molar-refractivity contribution is -0.118. The Kier molecular flexibility index (Phi) is 5.04. The molecule has 0 spiro atoms. The summed E-state index contributed by atoms with van der Waals surface area (Å²) in [6.07, 6.45) is -0.0426. The summed E-state index contributed by atoms with van der Waals surface area (Å²) in [6, 6.07) is 4.19. The van der Waals surface area contributed by atoms with E-state index in [1.165, 1.54) is 6.07 Å². The van der Waals surface area contributed by atoms with E-state index >= 15 is 0 Å². The maximum atomic E-state index is 12.1. The van der Waals surface area contributed by atoms with Crippen molar-refractivity contribution in [3.63, 3.8) is 0 Å². The van der Waals surface area contributed by atoms with E-state index in [0.29, 0.717) is 6.54 Å². The first-order valence-electron chi connectivity index (χ1n) is 5.86. The number of nitrogens with two attached hydrogens (primary N) is 2. The van der Waals surface area contributed by atoms with Crippen LogP contribution in [0.5, 0.6) is 0 Å². The monoisotopic (exact) mass is 285 g/mol. The molecule has 1 atom stereocenters. The SMILES string of the molecule is Cc1cc(S(=O)(=O)NC(C)CC(N)=O)ccc1CN. The van der Waals surface area contributed by atoms with Crippen molar-refractivity contribution in [2.45, 2.75) is 37.8 Å². The summed E-state index contributed by atoms with van der Waals surface area (Å²) in [5.41, 5.74) is 12.3. The van der Waals surface area contributed by atoms with Gasteiger partial charge in [0.05, 0.1) is 4.90 Å². The number of hydrogen-bond acceptors (Lipinski definition) is 4. The Bertz CT molecular complexity index is 570. The standard InChI is InChI=1S/C12H19N3O3S/c1-8-5-11(4-3-10(8)7-13)19(17,18)15-9(2)6-12(14)16/h3-5,9,15H,6-7,13H2,1-2H3,(H2,14,16). The smallest absolute Gasteiger partial charge is 0.240 e. The summed E-state index contributed by atoms with van der Waals surface area (Å²) in [4.78, 5) is 10.9. The first-order valence-corrected chi connectivity index (χ1v) is 7.35. The van der Waals surface area contributed by atoms with E-state index in [1.54, 1.807) is 26.0 Å². The number of benzene rings is 1. The third-order valence-corrected chi connectivity index (χ3v) is 4.30. The Morgan fingerprint density at radius 2 is 2.05 bits per heavy atom. The van der Waals surface area contributed by atoms with Gasteiger partial charge < -0.3 is 11.5 Å². The summed E-state index contributed by atoms with van der Waals surface area (Å²) in [5, 5.41) is 0. The van der Waals surface area contributed by atoms with Crippen molar-refractivity contribution in [1.82, 2.24) is 4.72 Å². The first-order chi connectivity index (χ1) is 8.76. The van der Waals surface area contributed by atoms with Gasteiger partial charge in [0.1, 0.15) is 0 Å². The van der Waals surface area contributed by atoms with Crippen LogP contribution in [0.1, 0.15) is 24.5 Å². The minimum atomic E-state index is -3.65. The number of carbonyl (C=O) groups excluding carboxylic acids is 1. The van der Waals surface area contributed by atoms with Gasteiger partial charge in [-0.2, -0.15) is 0 Å². The van der Waals surface area contributed by atoms with Crippen LogP contribution in [0.2, 0.25) is 0 Å². The maximum absolute atomic E-state index is 12.1. The molecular weight excluding hydrogens is 266 g/mol. The largest absolute Gasteiger partial charge is 0.370 e. The number of sulfonamides is 1. The Morgan fingerprint density at radius 1 is 1.42 bits per heavy atom. The van der Waals surface area contributed by atoms with Crippen LogP contribution in [0, 0.1) is 6.92 Å². The lowest BCUT2D eigenvalue weighted by atomic mass is 10.1. The fourth-order valence-corrected chi connectivity index (χ4v) is 3.07. The molecule has 5 N–H and O–H groups in total. The van der Waals surface area contributed by atoms with Crippen molar-refractivity contribution in [2.75, 3.05) is 0 Å². The fraction of sp³-hybridized carbons (Fsp3) is 0.417. The molecule has 19 heavy (non-hydrogen) atoms. The van der Waals surface area contributed by atoms with E-state index < -0.39 is 22.0 Å². The number of nitrogens with one attached hydrogen (secondary N) is 1. The number of hydrogen-bond donors (Lipinski definition) is 3. The average molecular weight is 285 g/mol. The summed E-state index contributed by atoms with van der Waals surface area (Å²) in [7, 11) is -3.65. The van der Waals surface area contributed by atoms with Gasteiger partial charge in [-0.05, 0) is 37.1 Å². The van der Waals surface area contributed by atoms with Crippen molar-refractivity contribution < 1.29 is 13.2 Å². The molecule has 0 bridgehead atoms. The third kappa shape index (κ3) is 4.30. The Labute approximate surface area is 113 Å². The zero-order valence-corrected chi connectivity index (χ0v) is 11.8. The lowest BCUT2D eigenvalue weighted by Crippen LogP contribution is -2.35. The van der Waals surface area contributed by atoms with Gasteiger partial charge in [-0.1, -0.05) is 6.07 Å². The van der Waals surface area contributed by atoms with E-state index in [4.69, 9.17) is 11.5 Å². The predicted octanol–water partition coefficient (Wildman–Crippen LogP) is -0.00408. The maximum Gasteiger partial charge on any atom is 0.240 e.